The zero-order chi connectivity index (χ0) is 33.2. The first-order chi connectivity index (χ1) is 22.3. The second-order valence-electron chi connectivity index (χ2n) is 14.8. The van der Waals surface area contributed by atoms with Crippen molar-refractivity contribution in [3.8, 4) is 28.1 Å². The van der Waals surface area contributed by atoms with Crippen LogP contribution < -0.4 is 4.90 Å². The van der Waals surface area contributed by atoms with Gasteiger partial charge < -0.3 is 10.0 Å². The fourth-order valence-electron chi connectivity index (χ4n) is 6.87. The number of aromatic nitrogens is 2. The summed E-state index contributed by atoms with van der Waals surface area (Å²) >= 11 is 0. The molecule has 7 rings (SSSR count). The van der Waals surface area contributed by atoms with Crippen LogP contribution in [0.15, 0.2) is 97.2 Å². The monoisotopic (exact) mass is 811 g/mol. The summed E-state index contributed by atoms with van der Waals surface area (Å²) in [5.74, 6) is 1.35. The minimum atomic E-state index is -0.281. The van der Waals surface area contributed by atoms with Crippen LogP contribution in [-0.4, -0.2) is 15.1 Å². The Kier molecular flexibility index (Phi) is 8.63. The van der Waals surface area contributed by atoms with Gasteiger partial charge in [0.05, 0.1) is 0 Å². The molecule has 0 fully saturated rings. The minimum absolute atomic E-state index is 0. The van der Waals surface area contributed by atoms with Crippen molar-refractivity contribution in [2.75, 3.05) is 4.90 Å². The molecular weight excluding hydrogens is 770 g/mol. The van der Waals surface area contributed by atoms with Gasteiger partial charge in [0.25, 0.3) is 0 Å². The number of rotatable bonds is 4. The fourth-order valence-corrected chi connectivity index (χ4v) is 6.87. The number of nitrogens with zero attached hydrogens (tertiary/aromatic N) is 3. The molecule has 246 valence electrons. The van der Waals surface area contributed by atoms with Gasteiger partial charge in [0.1, 0.15) is 17.1 Å². The summed E-state index contributed by atoms with van der Waals surface area (Å²) in [5, 5.41) is 11.8. The standard InChI is InChI=1S/C43H42N3O.Pt/c1-26(2)32-17-21-39(47)41-33(32)16-20-36(45-41)30-13-19-35-38(24-30)46(40-22-9-27(3)25-44-40)37-23-29(12-18-34(37)43(35,7)8)28-10-14-31(15-11-28)42(4,5)6;/h9-23,25-26,47H,1-8H3;/q-1;. The number of anilines is 3. The summed E-state index contributed by atoms with van der Waals surface area (Å²) in [5.41, 5.74) is 12.5. The summed E-state index contributed by atoms with van der Waals surface area (Å²) in [6.45, 7) is 17.7. The van der Waals surface area contributed by atoms with E-state index in [0.717, 1.165) is 45.0 Å². The number of aryl methyl sites for hydroxylation is 1. The molecule has 3 heterocycles. The molecule has 1 aliphatic rings. The van der Waals surface area contributed by atoms with E-state index in [4.69, 9.17) is 9.97 Å². The topological polar surface area (TPSA) is 49.2 Å². The molecule has 4 aromatic carbocycles. The summed E-state index contributed by atoms with van der Waals surface area (Å²) in [7, 11) is 0. The van der Waals surface area contributed by atoms with E-state index >= 15 is 0 Å². The van der Waals surface area contributed by atoms with E-state index in [-0.39, 0.29) is 37.6 Å². The van der Waals surface area contributed by atoms with E-state index in [9.17, 15) is 5.11 Å². The van der Waals surface area contributed by atoms with Crippen molar-refractivity contribution in [3.63, 3.8) is 0 Å². The van der Waals surface area contributed by atoms with E-state index in [2.05, 4.69) is 139 Å². The third-order valence-corrected chi connectivity index (χ3v) is 9.71. The molecule has 0 aliphatic carbocycles. The van der Waals surface area contributed by atoms with Crippen molar-refractivity contribution in [1.82, 2.24) is 9.97 Å². The van der Waals surface area contributed by atoms with Gasteiger partial charge in [0.2, 0.25) is 0 Å². The first kappa shape index (κ1) is 33.6. The molecule has 0 atom stereocenters. The van der Waals surface area contributed by atoms with Gasteiger partial charge in [-0.3, -0.25) is 4.98 Å². The van der Waals surface area contributed by atoms with Crippen molar-refractivity contribution in [1.29, 1.82) is 0 Å². The van der Waals surface area contributed by atoms with Crippen LogP contribution in [0.3, 0.4) is 0 Å². The first-order valence-corrected chi connectivity index (χ1v) is 16.5. The Morgan fingerprint density at radius 2 is 1.52 bits per heavy atom. The molecule has 0 saturated carbocycles. The van der Waals surface area contributed by atoms with Crippen molar-refractivity contribution in [3.05, 3.63) is 131 Å². The van der Waals surface area contributed by atoms with Crippen LogP contribution in [0.1, 0.15) is 82.2 Å². The van der Waals surface area contributed by atoms with Crippen molar-refractivity contribution in [2.24, 2.45) is 0 Å². The van der Waals surface area contributed by atoms with Crippen molar-refractivity contribution in [2.45, 2.75) is 72.1 Å². The second kappa shape index (κ2) is 12.3. The molecule has 0 radical (unpaired) electrons. The number of hydrogen-bond acceptors (Lipinski definition) is 4. The molecule has 48 heavy (non-hydrogen) atoms. The maximum Gasteiger partial charge on any atom is 0.140 e. The van der Waals surface area contributed by atoms with Crippen molar-refractivity contribution >= 4 is 28.1 Å². The molecule has 5 heteroatoms. The van der Waals surface area contributed by atoms with Crippen LogP contribution in [0.5, 0.6) is 5.75 Å². The zero-order valence-corrected chi connectivity index (χ0v) is 31.2. The van der Waals surface area contributed by atoms with Gasteiger partial charge in [-0.05, 0) is 86.6 Å². The quantitative estimate of drug-likeness (QED) is 0.180. The van der Waals surface area contributed by atoms with Crippen LogP contribution in [0, 0.1) is 13.0 Å². The third-order valence-electron chi connectivity index (χ3n) is 9.71. The van der Waals surface area contributed by atoms with Gasteiger partial charge in [-0.1, -0.05) is 115 Å². The molecule has 0 spiro atoms. The maximum absolute atomic E-state index is 10.8. The smallest absolute Gasteiger partial charge is 0.140 e. The minimum Gasteiger partial charge on any atom is -0.506 e. The Hall–Kier alpha value is -4.27. The van der Waals surface area contributed by atoms with Crippen molar-refractivity contribution < 1.29 is 26.2 Å². The second-order valence-corrected chi connectivity index (χ2v) is 14.8. The maximum atomic E-state index is 10.8. The Morgan fingerprint density at radius 1 is 0.812 bits per heavy atom. The molecule has 4 nitrogen and oxygen atoms in total. The number of hydrogen-bond donors (Lipinski definition) is 1. The van der Waals surface area contributed by atoms with Crippen LogP contribution >= 0.6 is 0 Å². The average Bonchev–Trinajstić information content (AvgIpc) is 3.05. The zero-order valence-electron chi connectivity index (χ0n) is 28.9. The van der Waals surface area contributed by atoms with E-state index < -0.39 is 0 Å². The van der Waals surface area contributed by atoms with E-state index in [0.29, 0.717) is 11.4 Å². The summed E-state index contributed by atoms with van der Waals surface area (Å²) in [4.78, 5) is 12.2. The van der Waals surface area contributed by atoms with Crippen LogP contribution in [0.4, 0.5) is 17.2 Å². The van der Waals surface area contributed by atoms with E-state index in [1.165, 1.54) is 27.8 Å². The van der Waals surface area contributed by atoms with Gasteiger partial charge in [-0.15, -0.1) is 23.8 Å². The number of pyridine rings is 2. The predicted molar refractivity (Wildman–Crippen MR) is 195 cm³/mol. The Balaban J connectivity index is 0.00000401. The van der Waals surface area contributed by atoms with Crippen LogP contribution in [-0.2, 0) is 31.9 Å². The molecule has 1 N–H and O–H groups in total. The molecule has 2 aromatic heterocycles. The van der Waals surface area contributed by atoms with Crippen LogP contribution in [0.2, 0.25) is 0 Å². The molecule has 0 bridgehead atoms. The molecule has 1 aliphatic heterocycles. The molecule has 6 aromatic rings. The predicted octanol–water partition coefficient (Wildman–Crippen LogP) is 11.3. The van der Waals surface area contributed by atoms with Gasteiger partial charge in [-0.2, -0.15) is 0 Å². The van der Waals surface area contributed by atoms with Gasteiger partial charge in [0.15, 0.2) is 0 Å². The Labute approximate surface area is 299 Å². The summed E-state index contributed by atoms with van der Waals surface area (Å²) < 4.78 is 0. The van der Waals surface area contributed by atoms with Crippen LogP contribution in [0.25, 0.3) is 33.3 Å². The fraction of sp³-hybridized carbons (Fsp3) is 0.256. The summed E-state index contributed by atoms with van der Waals surface area (Å²) in [6, 6.07) is 35.9. The Bertz CT molecular complexity index is 2140. The SMILES string of the molecule is Cc1ccc(N2c3[c-]c(-c4ccc5c(C(C)C)ccc(O)c5n4)ccc3C(C)(C)c3ccc(-c4ccc(C(C)(C)C)cc4)cc32)nc1.[Pt]. The van der Waals surface area contributed by atoms with E-state index in [1.54, 1.807) is 6.07 Å². The number of phenolic OH excluding ortho intramolecular Hbond substituents is 1. The average molecular weight is 812 g/mol. The third kappa shape index (κ3) is 5.75. The molecular formula is C43H42N3OPt-. The Morgan fingerprint density at radius 3 is 2.19 bits per heavy atom. The number of aromatic hydroxyl groups is 1. The van der Waals surface area contributed by atoms with E-state index in [1.807, 2.05) is 18.3 Å². The number of benzene rings is 4. The molecule has 0 amide bonds. The summed E-state index contributed by atoms with van der Waals surface area (Å²) in [6.07, 6.45) is 1.92. The molecule has 0 unspecified atom stereocenters. The number of fused-ring (bicyclic) bond motifs is 3. The molecule has 0 saturated heterocycles. The van der Waals surface area contributed by atoms with Gasteiger partial charge in [-0.25, -0.2) is 4.98 Å². The largest absolute Gasteiger partial charge is 0.506 e. The first-order valence-electron chi connectivity index (χ1n) is 16.5. The normalized spacial score (nSPS) is 13.6. The van der Waals surface area contributed by atoms with Gasteiger partial charge >= 0.3 is 0 Å². The van der Waals surface area contributed by atoms with Gasteiger partial charge in [0, 0.05) is 38.3 Å². The number of phenols is 1.